The van der Waals surface area contributed by atoms with Crippen LogP contribution in [0.2, 0.25) is 0 Å². The lowest BCUT2D eigenvalue weighted by atomic mass is 10.2. The molecule has 1 atom stereocenters. The number of aryl methyl sites for hydroxylation is 1. The van der Waals surface area contributed by atoms with E-state index in [9.17, 15) is 18.0 Å². The van der Waals surface area contributed by atoms with Crippen molar-refractivity contribution in [3.63, 3.8) is 0 Å². The second-order valence-corrected chi connectivity index (χ2v) is 10.2. The van der Waals surface area contributed by atoms with Crippen LogP contribution < -0.4 is 0 Å². The van der Waals surface area contributed by atoms with E-state index in [1.54, 1.807) is 11.0 Å². The number of hydrogen-bond acceptors (Lipinski definition) is 5. The van der Waals surface area contributed by atoms with E-state index in [1.165, 1.54) is 24.6 Å². The third-order valence-corrected chi connectivity index (χ3v) is 7.36. The average Bonchev–Trinajstić information content (AvgIpc) is 3.36. The van der Waals surface area contributed by atoms with E-state index < -0.39 is 15.8 Å². The van der Waals surface area contributed by atoms with Crippen molar-refractivity contribution in [3.05, 3.63) is 29.1 Å². The smallest absolute Gasteiger partial charge is 0.331 e. The van der Waals surface area contributed by atoms with Crippen molar-refractivity contribution in [2.75, 3.05) is 24.7 Å². The summed E-state index contributed by atoms with van der Waals surface area (Å²) in [5.74, 6) is -0.830. The Morgan fingerprint density at radius 1 is 1.28 bits per heavy atom. The van der Waals surface area contributed by atoms with Crippen LogP contribution in [0, 0.1) is 13.8 Å². The van der Waals surface area contributed by atoms with E-state index in [1.807, 2.05) is 19.9 Å². The summed E-state index contributed by atoms with van der Waals surface area (Å²) in [5.41, 5.74) is 3.28. The molecule has 1 aliphatic heterocycles. The molecule has 0 spiro atoms. The van der Waals surface area contributed by atoms with E-state index >= 15 is 0 Å². The molecule has 8 heteroatoms. The van der Waals surface area contributed by atoms with Crippen molar-refractivity contribution in [1.82, 2.24) is 9.47 Å². The number of carbonyl (C=O) groups is 2. The second kappa shape index (κ2) is 8.73. The maximum Gasteiger partial charge on any atom is 0.331 e. The van der Waals surface area contributed by atoms with Crippen molar-refractivity contribution >= 4 is 27.8 Å². The van der Waals surface area contributed by atoms with Gasteiger partial charge in [-0.1, -0.05) is 6.92 Å². The maximum atomic E-state index is 12.5. The Labute approximate surface area is 172 Å². The van der Waals surface area contributed by atoms with Crippen molar-refractivity contribution in [3.8, 4) is 0 Å². The zero-order valence-electron chi connectivity index (χ0n) is 17.4. The lowest BCUT2D eigenvalue weighted by molar-refractivity contribution is -0.149. The number of hydrogen-bond donors (Lipinski definition) is 0. The summed E-state index contributed by atoms with van der Waals surface area (Å²) >= 11 is 0. The maximum absolute atomic E-state index is 12.5. The minimum absolute atomic E-state index is 0.0107. The second-order valence-electron chi connectivity index (χ2n) is 8.01. The summed E-state index contributed by atoms with van der Waals surface area (Å²) in [6.07, 6.45) is 6.61. The van der Waals surface area contributed by atoms with Crippen molar-refractivity contribution in [1.29, 1.82) is 0 Å². The lowest BCUT2D eigenvalue weighted by Gasteiger charge is -2.27. The van der Waals surface area contributed by atoms with Gasteiger partial charge in [-0.2, -0.15) is 0 Å². The molecule has 0 aromatic carbocycles. The number of sulfone groups is 1. The molecule has 0 radical (unpaired) electrons. The molecule has 0 bridgehead atoms. The number of ether oxygens (including phenoxy) is 1. The van der Waals surface area contributed by atoms with Crippen LogP contribution in [0.4, 0.5) is 0 Å². The summed E-state index contributed by atoms with van der Waals surface area (Å²) < 4.78 is 30.9. The number of amides is 1. The molecule has 1 aromatic heterocycles. The van der Waals surface area contributed by atoms with Gasteiger partial charge < -0.3 is 14.2 Å². The van der Waals surface area contributed by atoms with Crippen molar-refractivity contribution < 1.29 is 22.7 Å². The highest BCUT2D eigenvalue weighted by molar-refractivity contribution is 7.91. The predicted molar refractivity (Wildman–Crippen MR) is 111 cm³/mol. The van der Waals surface area contributed by atoms with Gasteiger partial charge in [0.2, 0.25) is 0 Å². The molecule has 1 saturated carbocycles. The largest absolute Gasteiger partial charge is 0.452 e. The van der Waals surface area contributed by atoms with Gasteiger partial charge in [-0.05, 0) is 57.2 Å². The fourth-order valence-electron chi connectivity index (χ4n) is 4.06. The summed E-state index contributed by atoms with van der Waals surface area (Å²) in [5, 5.41) is 0. The highest BCUT2D eigenvalue weighted by Gasteiger charge is 2.34. The molecule has 7 nitrogen and oxygen atoms in total. The summed E-state index contributed by atoms with van der Waals surface area (Å²) in [4.78, 5) is 26.2. The van der Waals surface area contributed by atoms with Crippen LogP contribution >= 0.6 is 0 Å². The van der Waals surface area contributed by atoms with Crippen LogP contribution in [0.25, 0.3) is 6.08 Å². The number of aromatic nitrogens is 1. The van der Waals surface area contributed by atoms with Crippen LogP contribution in [0.3, 0.4) is 0 Å². The molecule has 3 rings (SSSR count). The first-order valence-electron chi connectivity index (χ1n) is 10.2. The molecule has 29 heavy (non-hydrogen) atoms. The van der Waals surface area contributed by atoms with Crippen molar-refractivity contribution in [2.45, 2.75) is 58.5 Å². The van der Waals surface area contributed by atoms with Gasteiger partial charge in [0, 0.05) is 36.1 Å². The summed E-state index contributed by atoms with van der Waals surface area (Å²) in [6.45, 7) is 6.11. The first kappa shape index (κ1) is 21.6. The van der Waals surface area contributed by atoms with Gasteiger partial charge in [0.1, 0.15) is 0 Å². The van der Waals surface area contributed by atoms with Crippen molar-refractivity contribution in [2.24, 2.45) is 0 Å². The van der Waals surface area contributed by atoms with Gasteiger partial charge in [0.25, 0.3) is 5.91 Å². The summed E-state index contributed by atoms with van der Waals surface area (Å²) in [7, 11) is -3.09. The highest BCUT2D eigenvalue weighted by Crippen LogP contribution is 2.38. The van der Waals surface area contributed by atoms with Gasteiger partial charge >= 0.3 is 5.97 Å². The van der Waals surface area contributed by atoms with E-state index in [0.29, 0.717) is 25.4 Å². The monoisotopic (exact) mass is 422 g/mol. The Morgan fingerprint density at radius 2 is 2.00 bits per heavy atom. The summed E-state index contributed by atoms with van der Waals surface area (Å²) in [6, 6.07) is 2.30. The van der Waals surface area contributed by atoms with Crippen LogP contribution in [0.15, 0.2) is 12.1 Å². The minimum Gasteiger partial charge on any atom is -0.452 e. The standard InChI is InChI=1S/C21H30N2O5S/c1-4-10-22(19-9-11-29(26,27)14-19)20(24)13-28-21(25)8-5-17-12-15(2)23(16(17)3)18-6-7-18/h5,8,12,18-19H,4,6-7,9-11,13-14H2,1-3H3/b8-5+/t19-/m1/s1. The Bertz CT molecular complexity index is 912. The molecule has 1 aliphatic carbocycles. The minimum atomic E-state index is -3.09. The average molecular weight is 423 g/mol. The zero-order chi connectivity index (χ0) is 21.2. The molecular formula is C21H30N2O5S. The molecule has 0 N–H and O–H groups in total. The fourth-order valence-corrected chi connectivity index (χ4v) is 5.79. The number of esters is 1. The molecule has 1 aromatic rings. The Hall–Kier alpha value is -2.09. The number of nitrogens with zero attached hydrogens (tertiary/aromatic N) is 2. The van der Waals surface area contributed by atoms with Crippen LogP contribution in [-0.2, 0) is 24.2 Å². The first-order valence-corrected chi connectivity index (χ1v) is 12.1. The zero-order valence-corrected chi connectivity index (χ0v) is 18.2. The van der Waals surface area contributed by atoms with Gasteiger partial charge in [-0.3, -0.25) is 4.79 Å². The number of rotatable bonds is 8. The van der Waals surface area contributed by atoms with E-state index in [-0.39, 0.29) is 30.1 Å². The molecule has 1 amide bonds. The van der Waals surface area contributed by atoms with Gasteiger partial charge in [0.15, 0.2) is 16.4 Å². The van der Waals surface area contributed by atoms with E-state index in [4.69, 9.17) is 4.74 Å². The lowest BCUT2D eigenvalue weighted by Crippen LogP contribution is -2.43. The molecular weight excluding hydrogens is 392 g/mol. The highest BCUT2D eigenvalue weighted by atomic mass is 32.2. The Kier molecular flexibility index (Phi) is 6.51. The van der Waals surface area contributed by atoms with E-state index in [0.717, 1.165) is 11.3 Å². The van der Waals surface area contributed by atoms with Crippen LogP contribution in [0.1, 0.15) is 55.6 Å². The fraction of sp³-hybridized carbons (Fsp3) is 0.619. The normalized spacial score (nSPS) is 20.9. The molecule has 1 saturated heterocycles. The molecule has 0 unspecified atom stereocenters. The van der Waals surface area contributed by atoms with Gasteiger partial charge in [-0.15, -0.1) is 0 Å². The number of carbonyl (C=O) groups excluding carboxylic acids is 2. The van der Waals surface area contributed by atoms with Gasteiger partial charge in [-0.25, -0.2) is 13.2 Å². The Balaban J connectivity index is 1.56. The third-order valence-electron chi connectivity index (χ3n) is 5.61. The first-order chi connectivity index (χ1) is 13.7. The Morgan fingerprint density at radius 3 is 2.59 bits per heavy atom. The van der Waals surface area contributed by atoms with Crippen LogP contribution in [0.5, 0.6) is 0 Å². The van der Waals surface area contributed by atoms with E-state index in [2.05, 4.69) is 11.5 Å². The third kappa shape index (κ3) is 5.29. The topological polar surface area (TPSA) is 85.7 Å². The predicted octanol–water partition coefficient (Wildman–Crippen LogP) is 2.42. The van der Waals surface area contributed by atoms with Gasteiger partial charge in [0.05, 0.1) is 11.5 Å². The quantitative estimate of drug-likeness (QED) is 0.474. The molecule has 2 heterocycles. The molecule has 160 valence electrons. The molecule has 2 fully saturated rings. The molecule has 2 aliphatic rings. The SMILES string of the molecule is CCCN(C(=O)COC(=O)/C=C/c1cc(C)n(C2CC2)c1C)[C@@H]1CCS(=O)(=O)C1. The van der Waals surface area contributed by atoms with Crippen LogP contribution in [-0.4, -0.2) is 60.5 Å².